The first-order chi connectivity index (χ1) is 12.5. The Morgan fingerprint density at radius 3 is 2.54 bits per heavy atom. The predicted octanol–water partition coefficient (Wildman–Crippen LogP) is 2.42. The topological polar surface area (TPSA) is 72.7 Å². The van der Waals surface area contributed by atoms with Crippen molar-refractivity contribution in [2.75, 3.05) is 6.54 Å². The maximum Gasteiger partial charge on any atom is 0.347 e. The third kappa shape index (κ3) is 4.40. The van der Waals surface area contributed by atoms with E-state index in [1.165, 1.54) is 5.56 Å². The van der Waals surface area contributed by atoms with Crippen molar-refractivity contribution in [2.45, 2.75) is 33.9 Å². The quantitative estimate of drug-likeness (QED) is 0.692. The van der Waals surface area contributed by atoms with E-state index in [4.69, 9.17) is 0 Å². The van der Waals surface area contributed by atoms with Crippen molar-refractivity contribution < 1.29 is 0 Å². The van der Waals surface area contributed by atoms with Crippen LogP contribution in [0.5, 0.6) is 0 Å². The van der Waals surface area contributed by atoms with Gasteiger partial charge in [0, 0.05) is 54.5 Å². The van der Waals surface area contributed by atoms with Crippen LogP contribution in [-0.2, 0) is 13.1 Å². The van der Waals surface area contributed by atoms with E-state index in [0.717, 1.165) is 28.3 Å². The van der Waals surface area contributed by atoms with Gasteiger partial charge in [0.25, 0.3) is 0 Å². The van der Waals surface area contributed by atoms with Crippen molar-refractivity contribution in [1.29, 1.82) is 0 Å². The van der Waals surface area contributed by atoms with Gasteiger partial charge in [-0.3, -0.25) is 4.57 Å². The fraction of sp³-hybridized carbons (Fsp3) is 0.300. The van der Waals surface area contributed by atoms with E-state index in [0.29, 0.717) is 19.6 Å². The van der Waals surface area contributed by atoms with Gasteiger partial charge in [-0.2, -0.15) is 4.98 Å². The summed E-state index contributed by atoms with van der Waals surface area (Å²) in [6.45, 7) is 7.72. The fourth-order valence-electron chi connectivity index (χ4n) is 2.85. The number of nitrogens with zero attached hydrogens (tertiary/aromatic N) is 4. The monoisotopic (exact) mass is 349 g/mol. The third-order valence-corrected chi connectivity index (χ3v) is 4.17. The minimum absolute atomic E-state index is 0.199. The summed E-state index contributed by atoms with van der Waals surface area (Å²) in [5, 5.41) is 3.32. The summed E-state index contributed by atoms with van der Waals surface area (Å²) < 4.78 is 1.68. The standard InChI is InChI=1S/C20H23N5O/c1-14-5-4-6-18(9-14)19-22-12-17(13-23-19)11-21-7-8-25-16(3)10-15(2)24-20(25)26/h4-6,9-10,12-13,21H,7-8,11H2,1-3H3. The van der Waals surface area contributed by atoms with Gasteiger partial charge in [-0.1, -0.05) is 23.8 Å². The van der Waals surface area contributed by atoms with E-state index in [2.05, 4.69) is 39.3 Å². The summed E-state index contributed by atoms with van der Waals surface area (Å²) in [7, 11) is 0. The predicted molar refractivity (Wildman–Crippen MR) is 102 cm³/mol. The molecule has 2 heterocycles. The van der Waals surface area contributed by atoms with Crippen molar-refractivity contribution in [1.82, 2.24) is 24.8 Å². The van der Waals surface area contributed by atoms with Crippen LogP contribution in [0.1, 0.15) is 22.5 Å². The van der Waals surface area contributed by atoms with Crippen LogP contribution in [0.3, 0.4) is 0 Å². The molecular formula is C20H23N5O. The van der Waals surface area contributed by atoms with Crippen LogP contribution < -0.4 is 11.0 Å². The van der Waals surface area contributed by atoms with Gasteiger partial charge >= 0.3 is 5.69 Å². The molecule has 6 heteroatoms. The summed E-state index contributed by atoms with van der Waals surface area (Å²) in [4.78, 5) is 24.8. The summed E-state index contributed by atoms with van der Waals surface area (Å²) in [6, 6.07) is 10.1. The summed E-state index contributed by atoms with van der Waals surface area (Å²) >= 11 is 0. The molecule has 0 amide bonds. The minimum atomic E-state index is -0.199. The number of aryl methyl sites for hydroxylation is 3. The average Bonchev–Trinajstić information content (AvgIpc) is 2.61. The molecule has 0 aliphatic heterocycles. The first-order valence-electron chi connectivity index (χ1n) is 8.67. The number of hydrogen-bond donors (Lipinski definition) is 1. The van der Waals surface area contributed by atoms with Crippen molar-refractivity contribution >= 4 is 0 Å². The van der Waals surface area contributed by atoms with Crippen molar-refractivity contribution in [2.24, 2.45) is 0 Å². The SMILES string of the molecule is Cc1cccc(-c2ncc(CNCCn3c(C)cc(C)nc3=O)cn2)c1. The molecule has 0 saturated carbocycles. The Bertz CT molecular complexity index is 947. The number of rotatable bonds is 6. The maximum absolute atomic E-state index is 11.9. The molecule has 26 heavy (non-hydrogen) atoms. The Kier molecular flexibility index (Phi) is 5.53. The highest BCUT2D eigenvalue weighted by molar-refractivity contribution is 5.55. The zero-order chi connectivity index (χ0) is 18.5. The maximum atomic E-state index is 11.9. The van der Waals surface area contributed by atoms with Crippen LogP contribution in [0.2, 0.25) is 0 Å². The molecule has 6 nitrogen and oxygen atoms in total. The molecule has 134 valence electrons. The number of nitrogens with one attached hydrogen (secondary N) is 1. The van der Waals surface area contributed by atoms with Crippen molar-refractivity contribution in [3.8, 4) is 11.4 Å². The van der Waals surface area contributed by atoms with E-state index >= 15 is 0 Å². The highest BCUT2D eigenvalue weighted by Crippen LogP contribution is 2.15. The average molecular weight is 349 g/mol. The highest BCUT2D eigenvalue weighted by atomic mass is 16.1. The normalized spacial score (nSPS) is 10.9. The summed E-state index contributed by atoms with van der Waals surface area (Å²) in [6.07, 6.45) is 3.67. The van der Waals surface area contributed by atoms with Gasteiger partial charge < -0.3 is 5.32 Å². The lowest BCUT2D eigenvalue weighted by Crippen LogP contribution is -2.30. The molecule has 2 aromatic heterocycles. The lowest BCUT2D eigenvalue weighted by molar-refractivity contribution is 0.563. The molecule has 0 spiro atoms. The summed E-state index contributed by atoms with van der Waals surface area (Å²) in [5.74, 6) is 0.727. The van der Waals surface area contributed by atoms with Gasteiger partial charge in [0.15, 0.2) is 5.82 Å². The van der Waals surface area contributed by atoms with E-state index in [-0.39, 0.29) is 5.69 Å². The molecule has 0 atom stereocenters. The Morgan fingerprint density at radius 1 is 1.08 bits per heavy atom. The van der Waals surface area contributed by atoms with Crippen LogP contribution in [-0.4, -0.2) is 26.1 Å². The number of aromatic nitrogens is 4. The highest BCUT2D eigenvalue weighted by Gasteiger charge is 2.04. The molecule has 0 aliphatic carbocycles. The Hall–Kier alpha value is -2.86. The lowest BCUT2D eigenvalue weighted by atomic mass is 10.1. The van der Waals surface area contributed by atoms with Crippen LogP contribution in [0.4, 0.5) is 0 Å². The third-order valence-electron chi connectivity index (χ3n) is 4.17. The van der Waals surface area contributed by atoms with E-state index < -0.39 is 0 Å². The van der Waals surface area contributed by atoms with Crippen molar-refractivity contribution in [3.05, 3.63) is 75.7 Å². The first-order valence-corrected chi connectivity index (χ1v) is 8.67. The zero-order valence-electron chi connectivity index (χ0n) is 15.4. The second-order valence-electron chi connectivity index (χ2n) is 6.43. The summed E-state index contributed by atoms with van der Waals surface area (Å²) in [5.41, 5.74) is 4.69. The van der Waals surface area contributed by atoms with E-state index in [1.807, 2.05) is 44.4 Å². The van der Waals surface area contributed by atoms with Crippen molar-refractivity contribution in [3.63, 3.8) is 0 Å². The number of hydrogen-bond acceptors (Lipinski definition) is 5. The smallest absolute Gasteiger partial charge is 0.311 e. The second kappa shape index (κ2) is 8.01. The Balaban J connectivity index is 1.55. The van der Waals surface area contributed by atoms with Crippen LogP contribution in [0, 0.1) is 20.8 Å². The molecule has 0 bridgehead atoms. The number of benzene rings is 1. The molecule has 3 aromatic rings. The van der Waals surface area contributed by atoms with Gasteiger partial charge in [-0.05, 0) is 32.9 Å². The molecule has 0 unspecified atom stereocenters. The van der Waals surface area contributed by atoms with Gasteiger partial charge in [-0.25, -0.2) is 14.8 Å². The second-order valence-corrected chi connectivity index (χ2v) is 6.43. The van der Waals surface area contributed by atoms with Gasteiger partial charge in [-0.15, -0.1) is 0 Å². The van der Waals surface area contributed by atoms with Crippen LogP contribution in [0.25, 0.3) is 11.4 Å². The zero-order valence-corrected chi connectivity index (χ0v) is 15.4. The van der Waals surface area contributed by atoms with Gasteiger partial charge in [0.1, 0.15) is 0 Å². The molecule has 0 radical (unpaired) electrons. The Labute approximate surface area is 153 Å². The van der Waals surface area contributed by atoms with Gasteiger partial charge in [0.05, 0.1) is 0 Å². The van der Waals surface area contributed by atoms with Crippen LogP contribution in [0.15, 0.2) is 47.5 Å². The molecule has 0 aliphatic rings. The molecule has 3 rings (SSSR count). The Morgan fingerprint density at radius 2 is 1.85 bits per heavy atom. The molecular weight excluding hydrogens is 326 g/mol. The minimum Gasteiger partial charge on any atom is -0.311 e. The first kappa shape index (κ1) is 17.9. The molecule has 0 saturated heterocycles. The fourth-order valence-corrected chi connectivity index (χ4v) is 2.85. The van der Waals surface area contributed by atoms with Gasteiger partial charge in [0.2, 0.25) is 0 Å². The molecule has 1 aromatic carbocycles. The lowest BCUT2D eigenvalue weighted by Gasteiger charge is -2.10. The molecule has 0 fully saturated rings. The largest absolute Gasteiger partial charge is 0.347 e. The van der Waals surface area contributed by atoms with E-state index in [1.54, 1.807) is 4.57 Å². The van der Waals surface area contributed by atoms with E-state index in [9.17, 15) is 4.79 Å². The molecule has 1 N–H and O–H groups in total. The van der Waals surface area contributed by atoms with Crippen LogP contribution >= 0.6 is 0 Å².